The van der Waals surface area contributed by atoms with Gasteiger partial charge in [0.25, 0.3) is 0 Å². The van der Waals surface area contributed by atoms with Crippen LogP contribution in [0.15, 0.2) is 48.5 Å². The molecular weight excluding hydrogens is 307 g/mol. The summed E-state index contributed by atoms with van der Waals surface area (Å²) in [6.07, 6.45) is 1.72. The summed E-state index contributed by atoms with van der Waals surface area (Å²) in [6, 6.07) is 13.9. The molecule has 3 rings (SSSR count). The first-order valence-corrected chi connectivity index (χ1v) is 8.12. The summed E-state index contributed by atoms with van der Waals surface area (Å²) in [7, 11) is 2.04. The van der Waals surface area contributed by atoms with Crippen molar-refractivity contribution in [3.05, 3.63) is 54.3 Å². The molecule has 2 aromatic carbocycles. The molecule has 1 amide bonds. The third kappa shape index (κ3) is 3.92. The van der Waals surface area contributed by atoms with Crippen molar-refractivity contribution in [3.8, 4) is 11.1 Å². The molecule has 1 fully saturated rings. The number of anilines is 1. The Hall–Kier alpha value is -2.40. The van der Waals surface area contributed by atoms with Crippen LogP contribution >= 0.6 is 0 Å². The average Bonchev–Trinajstić information content (AvgIpc) is 2.99. The molecule has 1 N–H and O–H groups in total. The van der Waals surface area contributed by atoms with Crippen LogP contribution < -0.4 is 5.32 Å². The summed E-state index contributed by atoms with van der Waals surface area (Å²) in [5.41, 5.74) is 2.31. The number of hydrogen-bond acceptors (Lipinski definition) is 3. The number of nitrogens with one attached hydrogen (secondary N) is 1. The van der Waals surface area contributed by atoms with Crippen molar-refractivity contribution in [1.82, 2.24) is 4.90 Å². The van der Waals surface area contributed by atoms with Gasteiger partial charge in [-0.05, 0) is 50.2 Å². The first kappa shape index (κ1) is 16.5. The van der Waals surface area contributed by atoms with Gasteiger partial charge in [0.05, 0.1) is 5.69 Å². The Bertz CT molecular complexity index is 703. The van der Waals surface area contributed by atoms with Crippen molar-refractivity contribution < 1.29 is 13.9 Å². The maximum absolute atomic E-state index is 13.1. The SMILES string of the molecule is CN1CCC[C@@H]1COC(=O)Nc1ccccc1-c1ccc(F)cc1. The number of likely N-dealkylation sites (N-methyl/N-ethyl adjacent to an activating group) is 1. The second kappa shape index (κ2) is 7.45. The molecule has 1 aliphatic rings. The highest BCUT2D eigenvalue weighted by Gasteiger charge is 2.22. The summed E-state index contributed by atoms with van der Waals surface area (Å²) in [5.74, 6) is -0.288. The molecule has 0 radical (unpaired) electrons. The molecule has 5 heteroatoms. The van der Waals surface area contributed by atoms with Crippen molar-refractivity contribution in [2.24, 2.45) is 0 Å². The van der Waals surface area contributed by atoms with Gasteiger partial charge < -0.3 is 9.64 Å². The largest absolute Gasteiger partial charge is 0.448 e. The lowest BCUT2D eigenvalue weighted by molar-refractivity contribution is 0.127. The molecule has 4 nitrogen and oxygen atoms in total. The minimum atomic E-state index is -0.468. The Morgan fingerprint density at radius 3 is 2.71 bits per heavy atom. The number of para-hydroxylation sites is 1. The van der Waals surface area contributed by atoms with Crippen LogP contribution in [0.3, 0.4) is 0 Å². The van der Waals surface area contributed by atoms with Crippen molar-refractivity contribution in [1.29, 1.82) is 0 Å². The monoisotopic (exact) mass is 328 g/mol. The van der Waals surface area contributed by atoms with E-state index in [0.717, 1.165) is 30.5 Å². The lowest BCUT2D eigenvalue weighted by atomic mass is 10.0. The Kier molecular flexibility index (Phi) is 5.11. The van der Waals surface area contributed by atoms with Crippen LogP contribution in [0.25, 0.3) is 11.1 Å². The third-order valence-electron chi connectivity index (χ3n) is 4.40. The van der Waals surface area contributed by atoms with Gasteiger partial charge in [-0.2, -0.15) is 0 Å². The predicted octanol–water partition coefficient (Wildman–Crippen LogP) is 4.14. The lowest BCUT2D eigenvalue weighted by Gasteiger charge is -2.19. The van der Waals surface area contributed by atoms with Gasteiger partial charge >= 0.3 is 6.09 Å². The predicted molar refractivity (Wildman–Crippen MR) is 92.5 cm³/mol. The smallest absolute Gasteiger partial charge is 0.411 e. The van der Waals surface area contributed by atoms with E-state index < -0.39 is 6.09 Å². The molecule has 1 saturated heterocycles. The number of nitrogens with zero attached hydrogens (tertiary/aromatic N) is 1. The van der Waals surface area contributed by atoms with Crippen LogP contribution in [0, 0.1) is 5.82 Å². The van der Waals surface area contributed by atoms with Gasteiger partial charge in [0, 0.05) is 11.6 Å². The molecule has 24 heavy (non-hydrogen) atoms. The maximum Gasteiger partial charge on any atom is 0.411 e. The van der Waals surface area contributed by atoms with Gasteiger partial charge in [-0.3, -0.25) is 5.32 Å². The minimum absolute atomic E-state index is 0.288. The average molecular weight is 328 g/mol. The van der Waals surface area contributed by atoms with E-state index in [1.54, 1.807) is 12.1 Å². The maximum atomic E-state index is 13.1. The Morgan fingerprint density at radius 2 is 2.00 bits per heavy atom. The van der Waals surface area contributed by atoms with Gasteiger partial charge in [-0.15, -0.1) is 0 Å². The summed E-state index contributed by atoms with van der Waals surface area (Å²) >= 11 is 0. The molecule has 1 aliphatic heterocycles. The molecule has 1 heterocycles. The van der Waals surface area contributed by atoms with E-state index in [-0.39, 0.29) is 5.82 Å². The highest BCUT2D eigenvalue weighted by molar-refractivity contribution is 5.91. The van der Waals surface area contributed by atoms with Crippen LogP contribution in [-0.4, -0.2) is 37.2 Å². The van der Waals surface area contributed by atoms with E-state index in [1.807, 2.05) is 31.3 Å². The zero-order valence-electron chi connectivity index (χ0n) is 13.7. The minimum Gasteiger partial charge on any atom is -0.448 e. The van der Waals surface area contributed by atoms with E-state index >= 15 is 0 Å². The number of amides is 1. The summed E-state index contributed by atoms with van der Waals surface area (Å²) in [5, 5.41) is 2.79. The Morgan fingerprint density at radius 1 is 1.25 bits per heavy atom. The van der Waals surface area contributed by atoms with Gasteiger partial charge in [-0.25, -0.2) is 9.18 Å². The Balaban J connectivity index is 1.66. The first-order chi connectivity index (χ1) is 11.6. The third-order valence-corrected chi connectivity index (χ3v) is 4.40. The van der Waals surface area contributed by atoms with E-state index in [2.05, 4.69) is 10.2 Å². The number of hydrogen-bond donors (Lipinski definition) is 1. The van der Waals surface area contributed by atoms with Crippen LogP contribution in [0.4, 0.5) is 14.9 Å². The van der Waals surface area contributed by atoms with E-state index in [1.165, 1.54) is 12.1 Å². The molecule has 126 valence electrons. The second-order valence-corrected chi connectivity index (χ2v) is 6.05. The van der Waals surface area contributed by atoms with E-state index in [4.69, 9.17) is 4.74 Å². The van der Waals surface area contributed by atoms with Crippen LogP contribution in [0.2, 0.25) is 0 Å². The molecule has 2 aromatic rings. The first-order valence-electron chi connectivity index (χ1n) is 8.12. The zero-order valence-corrected chi connectivity index (χ0v) is 13.7. The molecule has 0 spiro atoms. The molecule has 0 unspecified atom stereocenters. The van der Waals surface area contributed by atoms with Gasteiger partial charge in [0.1, 0.15) is 12.4 Å². The molecular formula is C19H21FN2O2. The topological polar surface area (TPSA) is 41.6 Å². The number of halogens is 1. The van der Waals surface area contributed by atoms with Gasteiger partial charge in [0.2, 0.25) is 0 Å². The number of ether oxygens (including phenoxy) is 1. The number of likely N-dealkylation sites (tertiary alicyclic amines) is 1. The van der Waals surface area contributed by atoms with Crippen LogP contribution in [0.5, 0.6) is 0 Å². The van der Waals surface area contributed by atoms with Crippen molar-refractivity contribution in [2.45, 2.75) is 18.9 Å². The van der Waals surface area contributed by atoms with E-state index in [9.17, 15) is 9.18 Å². The summed E-state index contributed by atoms with van der Waals surface area (Å²) in [4.78, 5) is 14.3. The standard InChI is InChI=1S/C19H21FN2O2/c1-22-12-4-5-16(22)13-24-19(23)21-18-7-3-2-6-17(18)14-8-10-15(20)11-9-14/h2-3,6-11,16H,4-5,12-13H2,1H3,(H,21,23)/t16-/m1/s1. The summed E-state index contributed by atoms with van der Waals surface area (Å²) in [6.45, 7) is 1.43. The van der Waals surface area contributed by atoms with Crippen LogP contribution in [0.1, 0.15) is 12.8 Å². The summed E-state index contributed by atoms with van der Waals surface area (Å²) < 4.78 is 18.5. The zero-order chi connectivity index (χ0) is 16.9. The Labute approximate surface area is 141 Å². The number of rotatable bonds is 4. The number of carbonyl (C=O) groups is 1. The molecule has 1 atom stereocenters. The molecule has 0 aliphatic carbocycles. The fraction of sp³-hybridized carbons (Fsp3) is 0.316. The fourth-order valence-corrected chi connectivity index (χ4v) is 2.98. The normalized spacial score (nSPS) is 17.7. The molecule has 0 aromatic heterocycles. The lowest BCUT2D eigenvalue weighted by Crippen LogP contribution is -2.31. The quantitative estimate of drug-likeness (QED) is 0.917. The van der Waals surface area contributed by atoms with E-state index in [0.29, 0.717) is 18.3 Å². The molecule has 0 saturated carbocycles. The number of carbonyl (C=O) groups excluding carboxylic acids is 1. The van der Waals surface area contributed by atoms with Crippen molar-refractivity contribution in [2.75, 3.05) is 25.5 Å². The van der Waals surface area contributed by atoms with Crippen LogP contribution in [-0.2, 0) is 4.74 Å². The second-order valence-electron chi connectivity index (χ2n) is 6.05. The van der Waals surface area contributed by atoms with Crippen molar-refractivity contribution >= 4 is 11.8 Å². The van der Waals surface area contributed by atoms with Gasteiger partial charge in [-0.1, -0.05) is 30.3 Å². The number of benzene rings is 2. The highest BCUT2D eigenvalue weighted by atomic mass is 19.1. The highest BCUT2D eigenvalue weighted by Crippen LogP contribution is 2.28. The van der Waals surface area contributed by atoms with Crippen molar-refractivity contribution in [3.63, 3.8) is 0 Å². The van der Waals surface area contributed by atoms with Gasteiger partial charge in [0.15, 0.2) is 0 Å². The molecule has 0 bridgehead atoms. The fourth-order valence-electron chi connectivity index (χ4n) is 2.98.